The summed E-state index contributed by atoms with van der Waals surface area (Å²) in [6, 6.07) is 0. The van der Waals surface area contributed by atoms with Gasteiger partial charge in [0.2, 0.25) is 0 Å². The van der Waals surface area contributed by atoms with Gasteiger partial charge in [-0.2, -0.15) is 0 Å². The SMILES string of the molecule is CCCN(CC1CC1)CC(CC)(CC)CNC(C)(C)C. The second-order valence-corrected chi connectivity index (χ2v) is 7.99. The summed E-state index contributed by atoms with van der Waals surface area (Å²) < 4.78 is 0. The molecule has 1 aliphatic rings. The number of nitrogens with zero attached hydrogens (tertiary/aromatic N) is 1. The number of nitrogens with one attached hydrogen (secondary N) is 1. The van der Waals surface area contributed by atoms with E-state index in [1.165, 1.54) is 51.7 Å². The first-order chi connectivity index (χ1) is 9.34. The van der Waals surface area contributed by atoms with Crippen LogP contribution in [0.5, 0.6) is 0 Å². The highest BCUT2D eigenvalue weighted by Gasteiger charge is 2.32. The molecule has 120 valence electrons. The Morgan fingerprint density at radius 1 is 1.05 bits per heavy atom. The van der Waals surface area contributed by atoms with Crippen LogP contribution in [0.3, 0.4) is 0 Å². The molecule has 1 fully saturated rings. The van der Waals surface area contributed by atoms with Gasteiger partial charge in [-0.05, 0) is 70.8 Å². The molecular formula is C18H38N2. The molecular weight excluding hydrogens is 244 g/mol. The Labute approximate surface area is 127 Å². The summed E-state index contributed by atoms with van der Waals surface area (Å²) >= 11 is 0. The minimum atomic E-state index is 0.224. The third kappa shape index (κ3) is 6.58. The summed E-state index contributed by atoms with van der Waals surface area (Å²) in [7, 11) is 0. The summed E-state index contributed by atoms with van der Waals surface area (Å²) in [5.74, 6) is 1.00. The van der Waals surface area contributed by atoms with Gasteiger partial charge in [0.25, 0.3) is 0 Å². The van der Waals surface area contributed by atoms with Crippen molar-refractivity contribution in [2.75, 3.05) is 26.2 Å². The smallest absolute Gasteiger partial charge is 0.00967 e. The van der Waals surface area contributed by atoms with E-state index in [4.69, 9.17) is 0 Å². The summed E-state index contributed by atoms with van der Waals surface area (Å²) in [4.78, 5) is 2.75. The molecule has 0 heterocycles. The molecule has 2 heteroatoms. The maximum Gasteiger partial charge on any atom is 0.00967 e. The lowest BCUT2D eigenvalue weighted by molar-refractivity contribution is 0.122. The average Bonchev–Trinajstić information content (AvgIpc) is 3.18. The van der Waals surface area contributed by atoms with E-state index in [2.05, 4.69) is 51.8 Å². The Kier molecular flexibility index (Phi) is 7.00. The third-order valence-corrected chi connectivity index (χ3v) is 4.81. The van der Waals surface area contributed by atoms with Crippen molar-refractivity contribution in [1.29, 1.82) is 0 Å². The van der Waals surface area contributed by atoms with Crippen LogP contribution < -0.4 is 5.32 Å². The predicted octanol–water partition coefficient (Wildman–Crippen LogP) is 4.30. The van der Waals surface area contributed by atoms with E-state index in [-0.39, 0.29) is 5.54 Å². The monoisotopic (exact) mass is 282 g/mol. The van der Waals surface area contributed by atoms with E-state index in [9.17, 15) is 0 Å². The van der Waals surface area contributed by atoms with Crippen molar-refractivity contribution in [3.63, 3.8) is 0 Å². The highest BCUT2D eigenvalue weighted by molar-refractivity contribution is 4.87. The Balaban J connectivity index is 2.60. The van der Waals surface area contributed by atoms with Crippen molar-refractivity contribution in [2.24, 2.45) is 11.3 Å². The molecule has 0 saturated heterocycles. The van der Waals surface area contributed by atoms with Gasteiger partial charge in [-0.15, -0.1) is 0 Å². The molecule has 0 bridgehead atoms. The zero-order valence-electron chi connectivity index (χ0n) is 14.9. The molecule has 0 aromatic heterocycles. The van der Waals surface area contributed by atoms with Crippen LogP contribution in [0.25, 0.3) is 0 Å². The van der Waals surface area contributed by atoms with E-state index < -0.39 is 0 Å². The van der Waals surface area contributed by atoms with E-state index in [1.807, 2.05) is 0 Å². The zero-order valence-corrected chi connectivity index (χ0v) is 14.9. The first kappa shape index (κ1) is 18.0. The van der Waals surface area contributed by atoms with Gasteiger partial charge < -0.3 is 10.2 Å². The van der Waals surface area contributed by atoms with Crippen LogP contribution in [-0.4, -0.2) is 36.6 Å². The van der Waals surface area contributed by atoms with Crippen molar-refractivity contribution < 1.29 is 0 Å². The molecule has 0 amide bonds. The molecule has 0 aliphatic heterocycles. The van der Waals surface area contributed by atoms with Crippen LogP contribution in [0.1, 0.15) is 73.6 Å². The fourth-order valence-corrected chi connectivity index (χ4v) is 2.92. The Morgan fingerprint density at radius 3 is 2.05 bits per heavy atom. The van der Waals surface area contributed by atoms with Crippen LogP contribution in [0.15, 0.2) is 0 Å². The van der Waals surface area contributed by atoms with Crippen molar-refractivity contribution >= 4 is 0 Å². The summed E-state index contributed by atoms with van der Waals surface area (Å²) in [5, 5.41) is 3.75. The van der Waals surface area contributed by atoms with Gasteiger partial charge in [-0.1, -0.05) is 20.8 Å². The Hall–Kier alpha value is -0.0800. The second-order valence-electron chi connectivity index (χ2n) is 7.99. The molecule has 1 aliphatic carbocycles. The second kappa shape index (κ2) is 7.79. The number of rotatable bonds is 10. The normalized spacial score (nSPS) is 16.9. The van der Waals surface area contributed by atoms with Crippen LogP contribution >= 0.6 is 0 Å². The molecule has 0 atom stereocenters. The van der Waals surface area contributed by atoms with Gasteiger partial charge in [0, 0.05) is 25.2 Å². The average molecular weight is 283 g/mol. The molecule has 20 heavy (non-hydrogen) atoms. The van der Waals surface area contributed by atoms with Gasteiger partial charge in [0.05, 0.1) is 0 Å². The van der Waals surface area contributed by atoms with Crippen LogP contribution in [0.4, 0.5) is 0 Å². The molecule has 0 spiro atoms. The molecule has 0 aromatic rings. The zero-order chi connectivity index (χ0) is 15.2. The molecule has 1 N–H and O–H groups in total. The highest BCUT2D eigenvalue weighted by atomic mass is 15.1. The van der Waals surface area contributed by atoms with Crippen molar-refractivity contribution in [3.05, 3.63) is 0 Å². The summed E-state index contributed by atoms with van der Waals surface area (Å²) in [6.45, 7) is 18.9. The van der Waals surface area contributed by atoms with Crippen molar-refractivity contribution in [2.45, 2.75) is 79.2 Å². The molecule has 0 unspecified atom stereocenters. The van der Waals surface area contributed by atoms with Crippen molar-refractivity contribution in [1.82, 2.24) is 10.2 Å². The lowest BCUT2D eigenvalue weighted by atomic mass is 9.80. The van der Waals surface area contributed by atoms with Crippen molar-refractivity contribution in [3.8, 4) is 0 Å². The number of hydrogen-bond donors (Lipinski definition) is 1. The van der Waals surface area contributed by atoms with Gasteiger partial charge in [0.15, 0.2) is 0 Å². The lowest BCUT2D eigenvalue weighted by Gasteiger charge is -2.39. The first-order valence-corrected chi connectivity index (χ1v) is 8.81. The van der Waals surface area contributed by atoms with Gasteiger partial charge >= 0.3 is 0 Å². The maximum atomic E-state index is 3.75. The predicted molar refractivity (Wildman–Crippen MR) is 90.2 cm³/mol. The van der Waals surface area contributed by atoms with Crippen LogP contribution in [0, 0.1) is 11.3 Å². The molecule has 2 nitrogen and oxygen atoms in total. The fraction of sp³-hybridized carbons (Fsp3) is 1.00. The topological polar surface area (TPSA) is 15.3 Å². The molecule has 0 radical (unpaired) electrons. The third-order valence-electron chi connectivity index (χ3n) is 4.81. The molecule has 0 aromatic carbocycles. The van der Waals surface area contributed by atoms with Crippen LogP contribution in [0.2, 0.25) is 0 Å². The summed E-state index contributed by atoms with van der Waals surface area (Å²) in [5.41, 5.74) is 0.666. The summed E-state index contributed by atoms with van der Waals surface area (Å²) in [6.07, 6.45) is 6.76. The number of hydrogen-bond acceptors (Lipinski definition) is 2. The van der Waals surface area contributed by atoms with E-state index in [0.29, 0.717) is 5.41 Å². The van der Waals surface area contributed by atoms with E-state index in [0.717, 1.165) is 12.5 Å². The standard InChI is InChI=1S/C18H38N2/c1-7-12-20(13-16-10-11-16)15-18(8-2,9-3)14-19-17(4,5)6/h16,19H,7-15H2,1-6H3. The van der Waals surface area contributed by atoms with Gasteiger partial charge in [0.1, 0.15) is 0 Å². The fourth-order valence-electron chi connectivity index (χ4n) is 2.92. The van der Waals surface area contributed by atoms with E-state index in [1.54, 1.807) is 0 Å². The quantitative estimate of drug-likeness (QED) is 0.642. The lowest BCUT2D eigenvalue weighted by Crippen LogP contribution is -2.49. The van der Waals surface area contributed by atoms with Gasteiger partial charge in [-0.3, -0.25) is 0 Å². The van der Waals surface area contributed by atoms with Gasteiger partial charge in [-0.25, -0.2) is 0 Å². The largest absolute Gasteiger partial charge is 0.311 e. The Morgan fingerprint density at radius 2 is 1.65 bits per heavy atom. The minimum Gasteiger partial charge on any atom is -0.311 e. The minimum absolute atomic E-state index is 0.224. The maximum absolute atomic E-state index is 3.75. The molecule has 1 rings (SSSR count). The van der Waals surface area contributed by atoms with Crippen LogP contribution in [-0.2, 0) is 0 Å². The molecule has 1 saturated carbocycles. The van der Waals surface area contributed by atoms with E-state index >= 15 is 0 Å². The first-order valence-electron chi connectivity index (χ1n) is 8.81. The Bertz CT molecular complexity index is 259. The highest BCUT2D eigenvalue weighted by Crippen LogP contribution is 2.33.